The molecule has 1 unspecified atom stereocenters. The second-order valence-corrected chi connectivity index (χ2v) is 6.98. The van der Waals surface area contributed by atoms with Crippen LogP contribution in [0, 0.1) is 5.92 Å². The first-order valence-electron chi connectivity index (χ1n) is 8.39. The van der Waals surface area contributed by atoms with Crippen molar-refractivity contribution in [2.24, 2.45) is 10.9 Å². The van der Waals surface area contributed by atoms with Crippen LogP contribution in [-0.4, -0.2) is 24.2 Å². The number of benzene rings is 2. The molecule has 0 bridgehead atoms. The van der Waals surface area contributed by atoms with Crippen molar-refractivity contribution in [1.82, 2.24) is 0 Å². The SMILES string of the molecule is O=C(CC1=N[C@@](c2ccccc2Cl)(C(F)F)[C@H]2CC2O1)c1ccccc1. The van der Waals surface area contributed by atoms with Gasteiger partial charge in [0.1, 0.15) is 6.10 Å². The largest absolute Gasteiger partial charge is 0.477 e. The van der Waals surface area contributed by atoms with E-state index in [0.29, 0.717) is 12.0 Å². The van der Waals surface area contributed by atoms with E-state index in [4.69, 9.17) is 16.3 Å². The lowest BCUT2D eigenvalue weighted by molar-refractivity contribution is 0.0193. The first-order chi connectivity index (χ1) is 12.5. The molecule has 1 heterocycles. The van der Waals surface area contributed by atoms with E-state index in [1.165, 1.54) is 0 Å². The molecule has 134 valence electrons. The Balaban J connectivity index is 1.72. The van der Waals surface area contributed by atoms with Crippen molar-refractivity contribution in [3.63, 3.8) is 0 Å². The number of carbonyl (C=O) groups is 1. The van der Waals surface area contributed by atoms with Gasteiger partial charge in [-0.15, -0.1) is 0 Å². The van der Waals surface area contributed by atoms with E-state index in [1.807, 2.05) is 0 Å². The molecule has 0 N–H and O–H groups in total. The summed E-state index contributed by atoms with van der Waals surface area (Å²) in [4.78, 5) is 16.7. The van der Waals surface area contributed by atoms with Gasteiger partial charge in [0.15, 0.2) is 17.2 Å². The molecular weight excluding hydrogens is 360 g/mol. The van der Waals surface area contributed by atoms with Gasteiger partial charge < -0.3 is 4.74 Å². The van der Waals surface area contributed by atoms with Gasteiger partial charge in [0.2, 0.25) is 0 Å². The number of rotatable bonds is 5. The van der Waals surface area contributed by atoms with Crippen LogP contribution in [0.4, 0.5) is 8.78 Å². The van der Waals surface area contributed by atoms with Crippen LogP contribution in [0.25, 0.3) is 0 Å². The molecular formula is C20H16ClF2NO2. The summed E-state index contributed by atoms with van der Waals surface area (Å²) < 4.78 is 34.2. The summed E-state index contributed by atoms with van der Waals surface area (Å²) in [6.07, 6.45) is -2.77. The maximum atomic E-state index is 14.2. The number of carbonyl (C=O) groups excluding carboxylic acids is 1. The summed E-state index contributed by atoms with van der Waals surface area (Å²) in [7, 11) is 0. The molecule has 2 aromatic carbocycles. The van der Waals surface area contributed by atoms with Gasteiger partial charge >= 0.3 is 0 Å². The number of halogens is 3. The minimum Gasteiger partial charge on any atom is -0.477 e. The molecule has 1 saturated carbocycles. The van der Waals surface area contributed by atoms with Gasteiger partial charge in [0.25, 0.3) is 6.43 Å². The third kappa shape index (κ3) is 2.80. The molecule has 1 fully saturated rings. The van der Waals surface area contributed by atoms with E-state index in [9.17, 15) is 13.6 Å². The fourth-order valence-corrected chi connectivity index (χ4v) is 3.86. The van der Waals surface area contributed by atoms with E-state index < -0.39 is 17.9 Å². The van der Waals surface area contributed by atoms with Crippen LogP contribution in [0.15, 0.2) is 59.6 Å². The van der Waals surface area contributed by atoms with Crippen molar-refractivity contribution in [2.75, 3.05) is 0 Å². The van der Waals surface area contributed by atoms with Crippen molar-refractivity contribution in [2.45, 2.75) is 30.9 Å². The van der Waals surface area contributed by atoms with Crippen LogP contribution in [0.3, 0.4) is 0 Å². The highest BCUT2D eigenvalue weighted by Crippen LogP contribution is 2.57. The van der Waals surface area contributed by atoms with E-state index >= 15 is 0 Å². The summed E-state index contributed by atoms with van der Waals surface area (Å²) >= 11 is 6.21. The van der Waals surface area contributed by atoms with E-state index in [0.717, 1.165) is 0 Å². The van der Waals surface area contributed by atoms with E-state index in [2.05, 4.69) is 4.99 Å². The van der Waals surface area contributed by atoms with Crippen molar-refractivity contribution in [1.29, 1.82) is 0 Å². The Labute approximate surface area is 154 Å². The topological polar surface area (TPSA) is 38.7 Å². The van der Waals surface area contributed by atoms with Gasteiger partial charge in [-0.3, -0.25) is 4.79 Å². The minimum absolute atomic E-state index is 0.0535. The van der Waals surface area contributed by atoms with Crippen LogP contribution in [-0.2, 0) is 10.3 Å². The van der Waals surface area contributed by atoms with Crippen LogP contribution < -0.4 is 0 Å². The Hall–Kier alpha value is -2.27. The monoisotopic (exact) mass is 375 g/mol. The molecule has 3 nitrogen and oxygen atoms in total. The van der Waals surface area contributed by atoms with Gasteiger partial charge in [-0.05, 0) is 12.5 Å². The second-order valence-electron chi connectivity index (χ2n) is 6.58. The predicted octanol–water partition coefficient (Wildman–Crippen LogP) is 4.89. The third-order valence-electron chi connectivity index (χ3n) is 4.94. The highest BCUT2D eigenvalue weighted by atomic mass is 35.5. The quantitative estimate of drug-likeness (QED) is 0.698. The maximum Gasteiger partial charge on any atom is 0.268 e. The first-order valence-corrected chi connectivity index (χ1v) is 8.77. The highest BCUT2D eigenvalue weighted by molar-refractivity contribution is 6.31. The molecule has 1 aliphatic heterocycles. The highest BCUT2D eigenvalue weighted by Gasteiger charge is 2.64. The van der Waals surface area contributed by atoms with Crippen molar-refractivity contribution in [3.8, 4) is 0 Å². The smallest absolute Gasteiger partial charge is 0.268 e. The maximum absolute atomic E-state index is 14.2. The molecule has 2 aromatic rings. The molecule has 3 atom stereocenters. The molecule has 0 amide bonds. The summed E-state index contributed by atoms with van der Waals surface area (Å²) in [5, 5.41) is 0.248. The van der Waals surface area contributed by atoms with Crippen molar-refractivity contribution in [3.05, 3.63) is 70.7 Å². The molecule has 26 heavy (non-hydrogen) atoms. The average Bonchev–Trinajstić information content (AvgIpc) is 3.42. The van der Waals surface area contributed by atoms with E-state index in [1.54, 1.807) is 54.6 Å². The fraction of sp³-hybridized carbons (Fsp3) is 0.300. The number of aliphatic imine (C=N–C) groups is 1. The summed E-state index contributed by atoms with van der Waals surface area (Å²) in [5.41, 5.74) is -0.970. The fourth-order valence-electron chi connectivity index (χ4n) is 3.57. The zero-order chi connectivity index (χ0) is 18.3. The molecule has 1 aliphatic carbocycles. The average molecular weight is 376 g/mol. The molecule has 6 heteroatoms. The minimum atomic E-state index is -2.75. The Morgan fingerprint density at radius 2 is 1.88 bits per heavy atom. The van der Waals surface area contributed by atoms with Gasteiger partial charge in [-0.2, -0.15) is 0 Å². The normalized spacial score (nSPS) is 26.7. The summed E-state index contributed by atoms with van der Waals surface area (Å²) in [5.74, 6) is -0.596. The molecule has 0 saturated heterocycles. The zero-order valence-corrected chi connectivity index (χ0v) is 14.5. The third-order valence-corrected chi connectivity index (χ3v) is 5.27. The molecule has 0 aromatic heterocycles. The lowest BCUT2D eigenvalue weighted by atomic mass is 9.84. The number of Topliss-reactive ketones (excluding diaryl/α,β-unsaturated/α-hetero) is 1. The van der Waals surface area contributed by atoms with Crippen LogP contribution in [0.2, 0.25) is 5.02 Å². The summed E-state index contributed by atoms with van der Waals surface area (Å²) in [6.45, 7) is 0. The molecule has 2 aliphatic rings. The lowest BCUT2D eigenvalue weighted by Crippen LogP contribution is -2.41. The number of ketones is 1. The van der Waals surface area contributed by atoms with Crippen LogP contribution in [0.5, 0.6) is 0 Å². The second kappa shape index (κ2) is 6.47. The van der Waals surface area contributed by atoms with Crippen molar-refractivity contribution >= 4 is 23.3 Å². The van der Waals surface area contributed by atoms with Gasteiger partial charge in [-0.1, -0.05) is 60.1 Å². The van der Waals surface area contributed by atoms with Crippen LogP contribution >= 0.6 is 11.6 Å². The Bertz CT molecular complexity index is 871. The van der Waals surface area contributed by atoms with Gasteiger partial charge in [0.05, 0.1) is 6.42 Å². The number of ether oxygens (including phenoxy) is 1. The van der Waals surface area contributed by atoms with E-state index in [-0.39, 0.29) is 34.8 Å². The van der Waals surface area contributed by atoms with Gasteiger partial charge in [-0.25, -0.2) is 13.8 Å². The Morgan fingerprint density at radius 3 is 2.58 bits per heavy atom. The number of hydrogen-bond donors (Lipinski definition) is 0. The van der Waals surface area contributed by atoms with Gasteiger partial charge in [0, 0.05) is 22.1 Å². The summed E-state index contributed by atoms with van der Waals surface area (Å²) in [6, 6.07) is 15.2. The first kappa shape index (κ1) is 17.2. The predicted molar refractivity (Wildman–Crippen MR) is 94.9 cm³/mol. The number of hydrogen-bond acceptors (Lipinski definition) is 3. The number of fused-ring (bicyclic) bond motifs is 1. The number of nitrogens with zero attached hydrogens (tertiary/aromatic N) is 1. The molecule has 0 radical (unpaired) electrons. The van der Waals surface area contributed by atoms with Crippen LogP contribution in [0.1, 0.15) is 28.8 Å². The zero-order valence-electron chi connectivity index (χ0n) is 13.7. The van der Waals surface area contributed by atoms with Crippen molar-refractivity contribution < 1.29 is 18.3 Å². The lowest BCUT2D eigenvalue weighted by Gasteiger charge is -2.34. The Kier molecular flexibility index (Phi) is 4.27. The molecule has 0 spiro atoms. The number of alkyl halides is 2. The Morgan fingerprint density at radius 1 is 1.19 bits per heavy atom. The molecule has 4 rings (SSSR count). The standard InChI is InChI=1S/C20H16ClF2NO2/c21-15-9-5-4-8-13(15)20(19(22)23)14-10-17(14)26-18(24-20)11-16(25)12-6-2-1-3-7-12/h1-9,14,17,19H,10-11H2/t14-,17?,20+/m0/s1.